The zero-order valence-electron chi connectivity index (χ0n) is 32.3. The number of hydrogen-bond acceptors (Lipinski definition) is 6. The van der Waals surface area contributed by atoms with Gasteiger partial charge in [-0.05, 0) is 141 Å². The molecule has 1 aliphatic heterocycles. The summed E-state index contributed by atoms with van der Waals surface area (Å²) in [6.45, 7) is 22.2. The minimum atomic E-state index is -0.528. The van der Waals surface area contributed by atoms with Gasteiger partial charge in [0.2, 0.25) is 0 Å². The fourth-order valence-corrected chi connectivity index (χ4v) is 7.60. The van der Waals surface area contributed by atoms with Crippen molar-refractivity contribution in [2.75, 3.05) is 13.2 Å². The van der Waals surface area contributed by atoms with E-state index in [1.54, 1.807) is 0 Å². The number of carbonyl (C=O) groups excluding carboxylic acids is 2. The second kappa shape index (κ2) is 20.2. The van der Waals surface area contributed by atoms with Gasteiger partial charge in [-0.1, -0.05) is 76.0 Å². The Balaban J connectivity index is 0.000000291. The third-order valence-corrected chi connectivity index (χ3v) is 10.3. The third-order valence-electron chi connectivity index (χ3n) is 8.80. The van der Waals surface area contributed by atoms with E-state index >= 15 is 0 Å². The Morgan fingerprint density at radius 3 is 1.84 bits per heavy atom. The van der Waals surface area contributed by atoms with Gasteiger partial charge in [0.25, 0.3) is 0 Å². The summed E-state index contributed by atoms with van der Waals surface area (Å²) in [7, 11) is 0. The number of halogens is 2. The topological polar surface area (TPSA) is 106 Å². The maximum Gasteiger partial charge on any atom is 0.408 e. The second-order valence-electron chi connectivity index (χ2n) is 15.3. The van der Waals surface area contributed by atoms with E-state index < -0.39 is 28.4 Å². The average molecular weight is 839 g/mol. The Morgan fingerprint density at radius 1 is 0.902 bits per heavy atom. The molecule has 0 saturated carbocycles. The lowest BCUT2D eigenvalue weighted by Gasteiger charge is -2.39. The number of carbonyl (C=O) groups is 2. The van der Waals surface area contributed by atoms with Gasteiger partial charge in [0.15, 0.2) is 0 Å². The Hall–Kier alpha value is -2.40. The molecule has 3 atom stereocenters. The van der Waals surface area contributed by atoms with E-state index in [0.29, 0.717) is 18.9 Å². The fraction of sp³-hybridized carbons (Fsp3) is 0.610. The number of fused-ring (bicyclic) bond motifs is 2. The van der Waals surface area contributed by atoms with Crippen LogP contribution in [-0.2, 0) is 39.9 Å². The Morgan fingerprint density at radius 2 is 1.41 bits per heavy atom. The highest BCUT2D eigenvalue weighted by molar-refractivity contribution is 9.10. The normalized spacial score (nSPS) is 22.1. The maximum atomic E-state index is 12.2. The van der Waals surface area contributed by atoms with Crippen LogP contribution in [0.3, 0.4) is 0 Å². The monoisotopic (exact) mass is 836 g/mol. The van der Waals surface area contributed by atoms with Crippen LogP contribution in [0.15, 0.2) is 58.0 Å². The van der Waals surface area contributed by atoms with Gasteiger partial charge < -0.3 is 30.0 Å². The van der Waals surface area contributed by atoms with E-state index in [0.717, 1.165) is 47.7 Å². The first-order chi connectivity index (χ1) is 23.9. The molecule has 3 unspecified atom stereocenters. The van der Waals surface area contributed by atoms with Crippen molar-refractivity contribution < 1.29 is 28.9 Å². The number of aliphatic hydroxyl groups is 1. The largest absolute Gasteiger partial charge is 0.444 e. The molecule has 0 spiro atoms. The van der Waals surface area contributed by atoms with Crippen molar-refractivity contribution in [1.82, 2.24) is 10.6 Å². The molecule has 2 amide bonds. The van der Waals surface area contributed by atoms with Crippen LogP contribution in [0.25, 0.3) is 0 Å². The van der Waals surface area contributed by atoms with Crippen LogP contribution in [0, 0.1) is 0 Å². The average Bonchev–Trinajstić information content (AvgIpc) is 3.52. The Kier molecular flexibility index (Phi) is 17.7. The van der Waals surface area contributed by atoms with Gasteiger partial charge in [-0.15, -0.1) is 6.58 Å². The zero-order chi connectivity index (χ0) is 38.5. The first-order valence-corrected chi connectivity index (χ1v) is 19.9. The van der Waals surface area contributed by atoms with Crippen LogP contribution < -0.4 is 10.6 Å². The summed E-state index contributed by atoms with van der Waals surface area (Å²) in [5, 5.41) is 15.4. The van der Waals surface area contributed by atoms with Gasteiger partial charge in [-0.3, -0.25) is 0 Å². The number of amides is 2. The molecule has 1 heterocycles. The predicted octanol–water partition coefficient (Wildman–Crippen LogP) is 10.2. The second-order valence-corrected chi connectivity index (χ2v) is 17.0. The van der Waals surface area contributed by atoms with E-state index in [1.807, 2.05) is 79.7 Å². The van der Waals surface area contributed by atoms with E-state index in [4.69, 9.17) is 14.2 Å². The molecule has 2 aromatic carbocycles. The number of benzene rings is 2. The molecule has 0 bridgehead atoms. The van der Waals surface area contributed by atoms with Crippen LogP contribution in [-0.4, -0.2) is 58.9 Å². The lowest BCUT2D eigenvalue weighted by atomic mass is 9.76. The number of hydrogen-bond donors (Lipinski definition) is 3. The number of nitrogens with one attached hydrogen (secondary N) is 2. The number of ether oxygens (including phenoxy) is 3. The summed E-state index contributed by atoms with van der Waals surface area (Å²) >= 11 is 7.18. The smallest absolute Gasteiger partial charge is 0.408 e. The molecular formula is C41H62Br2N2O6. The summed E-state index contributed by atoms with van der Waals surface area (Å²) in [5.74, 6) is 0. The van der Waals surface area contributed by atoms with E-state index in [-0.39, 0.29) is 12.7 Å². The SMILES string of the molecule is C=CC1(NC(=O)OC(C)(C)C)CCc2c(Br)cccc2C1.CC.CC(C)(C)OC(=O)NC1(CCO)CCc2c(Br)cccc2C1.CC1CCCO1. The van der Waals surface area contributed by atoms with Crippen molar-refractivity contribution in [3.05, 3.63) is 80.3 Å². The summed E-state index contributed by atoms with van der Waals surface area (Å²) in [6.07, 6.45) is 9.47. The lowest BCUT2D eigenvalue weighted by molar-refractivity contribution is 0.0419. The first kappa shape index (κ1) is 44.8. The zero-order valence-corrected chi connectivity index (χ0v) is 35.5. The van der Waals surface area contributed by atoms with Gasteiger partial charge in [0.05, 0.1) is 11.6 Å². The maximum absolute atomic E-state index is 12.2. The highest BCUT2D eigenvalue weighted by Crippen LogP contribution is 2.36. The molecular weight excluding hydrogens is 776 g/mol. The lowest BCUT2D eigenvalue weighted by Crippen LogP contribution is -2.53. The number of aliphatic hydroxyl groups excluding tert-OH is 1. The van der Waals surface area contributed by atoms with Gasteiger partial charge in [-0.2, -0.15) is 0 Å². The van der Waals surface area contributed by atoms with Gasteiger partial charge in [0, 0.05) is 27.7 Å². The molecule has 0 radical (unpaired) electrons. The van der Waals surface area contributed by atoms with Crippen LogP contribution in [0.4, 0.5) is 9.59 Å². The fourth-order valence-electron chi connectivity index (χ4n) is 6.39. The molecule has 1 saturated heterocycles. The van der Waals surface area contributed by atoms with Crippen molar-refractivity contribution in [2.24, 2.45) is 0 Å². The molecule has 1 fully saturated rings. The Bertz CT molecular complexity index is 1430. The molecule has 8 nitrogen and oxygen atoms in total. The standard InChI is InChI=1S/C17H24BrNO3.C17H22BrNO2.C5H10O.C2H6/c1-16(2,3)22-15(21)19-17(9-10-20)8-7-13-12(11-17)5-4-6-14(13)18;1-5-17(19-15(20)21-16(2,3)4)10-9-13-12(11-17)7-6-8-14(13)18;1-5-3-2-4-6-5;1-2/h4-6,20H,7-11H2,1-3H3,(H,19,21);5-8H,1,9-11H2,2-4H3,(H,19,20);5H,2-4H2,1H3;1-2H3. The van der Waals surface area contributed by atoms with Crippen molar-refractivity contribution in [1.29, 1.82) is 0 Å². The molecule has 2 aromatic rings. The summed E-state index contributed by atoms with van der Waals surface area (Å²) in [5.41, 5.74) is 3.17. The molecule has 2 aliphatic carbocycles. The number of rotatable bonds is 5. The predicted molar refractivity (Wildman–Crippen MR) is 214 cm³/mol. The highest BCUT2D eigenvalue weighted by atomic mass is 79.9. The summed E-state index contributed by atoms with van der Waals surface area (Å²) in [6, 6.07) is 12.3. The van der Waals surface area contributed by atoms with E-state index in [2.05, 4.69) is 74.2 Å². The Labute approximate surface area is 324 Å². The quantitative estimate of drug-likeness (QED) is 0.259. The van der Waals surface area contributed by atoms with Gasteiger partial charge in [-0.25, -0.2) is 9.59 Å². The molecule has 286 valence electrons. The summed E-state index contributed by atoms with van der Waals surface area (Å²) < 4.78 is 18.2. The van der Waals surface area contributed by atoms with Gasteiger partial charge in [0.1, 0.15) is 11.2 Å². The van der Waals surface area contributed by atoms with Crippen LogP contribution in [0.1, 0.15) is 117 Å². The molecule has 3 aliphatic rings. The van der Waals surface area contributed by atoms with Crippen molar-refractivity contribution in [3.63, 3.8) is 0 Å². The molecule has 3 N–H and O–H groups in total. The van der Waals surface area contributed by atoms with Crippen molar-refractivity contribution in [2.45, 2.75) is 148 Å². The van der Waals surface area contributed by atoms with Crippen LogP contribution in [0.2, 0.25) is 0 Å². The highest BCUT2D eigenvalue weighted by Gasteiger charge is 2.38. The number of alkyl carbamates (subject to hydrolysis) is 2. The third kappa shape index (κ3) is 14.9. The van der Waals surface area contributed by atoms with Crippen molar-refractivity contribution in [3.8, 4) is 0 Å². The molecule has 51 heavy (non-hydrogen) atoms. The molecule has 0 aromatic heterocycles. The van der Waals surface area contributed by atoms with E-state index in [1.165, 1.54) is 35.1 Å². The molecule has 5 rings (SSSR count). The molecule has 10 heteroatoms. The van der Waals surface area contributed by atoms with Crippen LogP contribution >= 0.6 is 31.9 Å². The van der Waals surface area contributed by atoms with Gasteiger partial charge >= 0.3 is 12.2 Å². The first-order valence-electron chi connectivity index (χ1n) is 18.3. The minimum Gasteiger partial charge on any atom is -0.444 e. The van der Waals surface area contributed by atoms with E-state index in [9.17, 15) is 14.7 Å². The van der Waals surface area contributed by atoms with Crippen molar-refractivity contribution >= 4 is 44.0 Å². The minimum absolute atomic E-state index is 0.0408. The summed E-state index contributed by atoms with van der Waals surface area (Å²) in [4.78, 5) is 24.2. The van der Waals surface area contributed by atoms with Crippen LogP contribution in [0.5, 0.6) is 0 Å².